The molecule has 3 aliphatic rings. The maximum Gasteiger partial charge on any atom is 0.0840 e. The van der Waals surface area contributed by atoms with Crippen LogP contribution in [0.3, 0.4) is 0 Å². The van der Waals surface area contributed by atoms with Crippen molar-refractivity contribution >= 4 is 0 Å². The maximum absolute atomic E-state index is 10.3. The number of rotatable bonds is 3. The van der Waals surface area contributed by atoms with Crippen molar-refractivity contribution in [3.8, 4) is 11.8 Å². The molecule has 3 N–H and O–H groups in total. The quantitative estimate of drug-likeness (QED) is 0.468. The van der Waals surface area contributed by atoms with Gasteiger partial charge in [-0.05, 0) is 98.5 Å². The molecule has 0 amide bonds. The smallest absolute Gasteiger partial charge is 0.0840 e. The fourth-order valence-electron chi connectivity index (χ4n) is 6.84. The van der Waals surface area contributed by atoms with Gasteiger partial charge < -0.3 is 15.3 Å². The van der Waals surface area contributed by atoms with E-state index in [9.17, 15) is 15.3 Å². The highest BCUT2D eigenvalue weighted by atomic mass is 16.3. The standard InChI is InChI=1S/C32H42O3/c1-21(11-12-23-8-6-10-26(18-23)31(3,4)35)28-15-16-29-24(9-7-17-32(28,29)5)13-14-25-19-27(33)20-30(34)22(25)2/h6,8,10,13-14,18,21,27-30,33-35H,2,7,9,15-17,19-20H2,1,3-5H3/b24-13+,25-14-/t21-,27+,28+,29-,30-,32+/m0/s1. The molecular formula is C32H42O3. The summed E-state index contributed by atoms with van der Waals surface area (Å²) in [5.41, 5.74) is 4.48. The van der Waals surface area contributed by atoms with E-state index in [1.165, 1.54) is 31.3 Å². The van der Waals surface area contributed by atoms with Gasteiger partial charge in [-0.25, -0.2) is 0 Å². The molecule has 4 rings (SSSR count). The molecule has 0 bridgehead atoms. The number of hydrogen-bond acceptors (Lipinski definition) is 3. The number of fused-ring (bicyclic) bond motifs is 1. The van der Waals surface area contributed by atoms with Crippen molar-refractivity contribution in [2.75, 3.05) is 0 Å². The van der Waals surface area contributed by atoms with Gasteiger partial charge in [0.05, 0.1) is 17.8 Å². The van der Waals surface area contributed by atoms with E-state index in [0.717, 1.165) is 28.7 Å². The van der Waals surface area contributed by atoms with Crippen molar-refractivity contribution < 1.29 is 15.3 Å². The molecule has 3 heteroatoms. The zero-order valence-corrected chi connectivity index (χ0v) is 21.8. The monoisotopic (exact) mass is 474 g/mol. The molecule has 6 atom stereocenters. The highest BCUT2D eigenvalue weighted by Gasteiger charge is 2.50. The van der Waals surface area contributed by atoms with Gasteiger partial charge in [0.25, 0.3) is 0 Å². The van der Waals surface area contributed by atoms with Crippen LogP contribution in [-0.4, -0.2) is 27.5 Å². The van der Waals surface area contributed by atoms with E-state index in [-0.39, 0.29) is 5.41 Å². The lowest BCUT2D eigenvalue weighted by Gasteiger charge is -2.43. The van der Waals surface area contributed by atoms with E-state index < -0.39 is 17.8 Å². The molecule has 3 nitrogen and oxygen atoms in total. The molecular weight excluding hydrogens is 432 g/mol. The van der Waals surface area contributed by atoms with Crippen LogP contribution in [0.1, 0.15) is 83.8 Å². The minimum Gasteiger partial charge on any atom is -0.393 e. The predicted octanol–water partition coefficient (Wildman–Crippen LogP) is 6.04. The van der Waals surface area contributed by atoms with Crippen LogP contribution in [0.25, 0.3) is 0 Å². The highest BCUT2D eigenvalue weighted by Crippen LogP contribution is 2.59. The summed E-state index contributed by atoms with van der Waals surface area (Å²) in [4.78, 5) is 0. The van der Waals surface area contributed by atoms with Crippen LogP contribution in [-0.2, 0) is 5.60 Å². The van der Waals surface area contributed by atoms with Crippen LogP contribution in [0, 0.1) is 35.0 Å². The first-order valence-corrected chi connectivity index (χ1v) is 13.3. The Kier molecular flexibility index (Phi) is 7.49. The number of allylic oxidation sites excluding steroid dienone is 3. The van der Waals surface area contributed by atoms with Crippen molar-refractivity contribution in [3.63, 3.8) is 0 Å². The fraction of sp³-hybridized carbons (Fsp3) is 0.562. The summed E-state index contributed by atoms with van der Waals surface area (Å²) < 4.78 is 0. The maximum atomic E-state index is 10.3. The molecule has 0 heterocycles. The Balaban J connectivity index is 1.52. The van der Waals surface area contributed by atoms with Crippen molar-refractivity contribution in [1.82, 2.24) is 0 Å². The van der Waals surface area contributed by atoms with Gasteiger partial charge in [0.15, 0.2) is 0 Å². The topological polar surface area (TPSA) is 60.7 Å². The molecule has 0 spiro atoms. The summed E-state index contributed by atoms with van der Waals surface area (Å²) in [7, 11) is 0. The van der Waals surface area contributed by atoms with Gasteiger partial charge in [0, 0.05) is 17.9 Å². The lowest BCUT2D eigenvalue weighted by Crippen LogP contribution is -2.35. The molecule has 35 heavy (non-hydrogen) atoms. The Labute approximate surface area is 211 Å². The molecule has 3 aliphatic carbocycles. The average molecular weight is 475 g/mol. The summed E-state index contributed by atoms with van der Waals surface area (Å²) >= 11 is 0. The largest absolute Gasteiger partial charge is 0.393 e. The summed E-state index contributed by atoms with van der Waals surface area (Å²) in [6, 6.07) is 7.95. The third kappa shape index (κ3) is 5.51. The van der Waals surface area contributed by atoms with Crippen LogP contribution in [0.2, 0.25) is 0 Å². The summed E-state index contributed by atoms with van der Waals surface area (Å²) in [5.74, 6) is 8.38. The van der Waals surface area contributed by atoms with Gasteiger partial charge in [-0.3, -0.25) is 0 Å². The Morgan fingerprint density at radius 2 is 1.97 bits per heavy atom. The second-order valence-corrected chi connectivity index (χ2v) is 11.9. The first-order chi connectivity index (χ1) is 16.5. The van der Waals surface area contributed by atoms with Gasteiger partial charge >= 0.3 is 0 Å². The molecule has 0 aromatic heterocycles. The molecule has 0 aliphatic heterocycles. The third-order valence-corrected chi connectivity index (χ3v) is 8.92. The van der Waals surface area contributed by atoms with Crippen molar-refractivity contribution in [2.45, 2.75) is 90.4 Å². The number of aliphatic hydroxyl groups is 3. The molecule has 0 radical (unpaired) electrons. The number of aliphatic hydroxyl groups excluding tert-OH is 2. The molecule has 1 aromatic carbocycles. The van der Waals surface area contributed by atoms with Gasteiger partial charge in [-0.2, -0.15) is 0 Å². The van der Waals surface area contributed by atoms with Crippen LogP contribution in [0.5, 0.6) is 0 Å². The second-order valence-electron chi connectivity index (χ2n) is 11.9. The number of hydrogen-bond donors (Lipinski definition) is 3. The van der Waals surface area contributed by atoms with E-state index in [1.807, 2.05) is 24.3 Å². The van der Waals surface area contributed by atoms with Gasteiger partial charge in [0.2, 0.25) is 0 Å². The lowest BCUT2D eigenvalue weighted by molar-refractivity contribution is 0.0785. The molecule has 0 unspecified atom stereocenters. The average Bonchev–Trinajstić information content (AvgIpc) is 3.16. The van der Waals surface area contributed by atoms with Crippen molar-refractivity contribution in [2.24, 2.45) is 23.2 Å². The first kappa shape index (κ1) is 26.0. The second kappa shape index (κ2) is 10.1. The van der Waals surface area contributed by atoms with Gasteiger partial charge in [0.1, 0.15) is 0 Å². The molecule has 1 aromatic rings. The Hall–Kier alpha value is -2.12. The first-order valence-electron chi connectivity index (χ1n) is 13.3. The van der Waals surface area contributed by atoms with E-state index in [2.05, 4.69) is 44.4 Å². The zero-order chi connectivity index (χ0) is 25.4. The molecule has 0 saturated heterocycles. The number of benzene rings is 1. The molecule has 3 saturated carbocycles. The van der Waals surface area contributed by atoms with Crippen LogP contribution in [0.4, 0.5) is 0 Å². The summed E-state index contributed by atoms with van der Waals surface area (Å²) in [5, 5.41) is 30.6. The summed E-state index contributed by atoms with van der Waals surface area (Å²) in [6.45, 7) is 12.4. The minimum atomic E-state index is -0.865. The van der Waals surface area contributed by atoms with E-state index in [4.69, 9.17) is 0 Å². The fourth-order valence-corrected chi connectivity index (χ4v) is 6.84. The van der Waals surface area contributed by atoms with Gasteiger partial charge in [-0.1, -0.05) is 62.1 Å². The Morgan fingerprint density at radius 3 is 2.71 bits per heavy atom. The zero-order valence-electron chi connectivity index (χ0n) is 21.8. The summed E-state index contributed by atoms with van der Waals surface area (Å²) in [6.07, 6.45) is 10.2. The van der Waals surface area contributed by atoms with Crippen LogP contribution in [0.15, 0.2) is 59.7 Å². The highest BCUT2D eigenvalue weighted by molar-refractivity contribution is 5.40. The normalized spacial score (nSPS) is 34.4. The molecule has 188 valence electrons. The van der Waals surface area contributed by atoms with Crippen molar-refractivity contribution in [3.05, 3.63) is 70.8 Å². The van der Waals surface area contributed by atoms with E-state index >= 15 is 0 Å². The van der Waals surface area contributed by atoms with Crippen LogP contribution < -0.4 is 0 Å². The Morgan fingerprint density at radius 1 is 1.20 bits per heavy atom. The SMILES string of the molecule is C=C1/C(=C\C=C2/CCC[C@]3(C)[C@@H]([C@@H](C)C#Cc4cccc(C(C)(C)O)c4)CC[C@@H]23)C[C@@H](O)C[C@@H]1O. The Bertz CT molecular complexity index is 1080. The van der Waals surface area contributed by atoms with E-state index in [1.54, 1.807) is 13.8 Å². The third-order valence-electron chi connectivity index (χ3n) is 8.92. The van der Waals surface area contributed by atoms with E-state index in [0.29, 0.717) is 30.6 Å². The minimum absolute atomic E-state index is 0.244. The van der Waals surface area contributed by atoms with Crippen LogP contribution >= 0.6 is 0 Å². The lowest BCUT2D eigenvalue weighted by atomic mass is 9.61. The van der Waals surface area contributed by atoms with Crippen molar-refractivity contribution in [1.29, 1.82) is 0 Å². The van der Waals surface area contributed by atoms with Gasteiger partial charge in [-0.15, -0.1) is 0 Å². The predicted molar refractivity (Wildman–Crippen MR) is 142 cm³/mol. The molecule has 3 fully saturated rings.